The van der Waals surface area contributed by atoms with E-state index in [1.165, 1.54) is 0 Å². The summed E-state index contributed by atoms with van der Waals surface area (Å²) < 4.78 is 14.8. The molecule has 0 saturated carbocycles. The van der Waals surface area contributed by atoms with Crippen LogP contribution in [0.1, 0.15) is 40.7 Å². The number of aliphatic carboxylic acids is 1. The van der Waals surface area contributed by atoms with E-state index in [0.717, 1.165) is 68.8 Å². The third-order valence-electron chi connectivity index (χ3n) is 9.43. The Kier molecular flexibility index (Phi) is 9.17. The molecular formula is C39H38N4O8. The van der Waals surface area contributed by atoms with Gasteiger partial charge in [0.2, 0.25) is 6.29 Å². The lowest BCUT2D eigenvalue weighted by molar-refractivity contribution is -0.278. The maximum atomic E-state index is 13.3. The van der Waals surface area contributed by atoms with Gasteiger partial charge in [0.25, 0.3) is 0 Å². The minimum atomic E-state index is -1.90. The van der Waals surface area contributed by atoms with Crippen molar-refractivity contribution < 1.29 is 39.5 Å². The Morgan fingerprint density at radius 3 is 2.31 bits per heavy atom. The molecule has 0 bridgehead atoms. The molecule has 0 radical (unpaired) electrons. The predicted molar refractivity (Wildman–Crippen MR) is 189 cm³/mol. The largest absolute Gasteiger partial charge is 0.479 e. The lowest BCUT2D eigenvalue weighted by Crippen LogP contribution is -2.60. The van der Waals surface area contributed by atoms with E-state index in [0.29, 0.717) is 12.1 Å². The Labute approximate surface area is 293 Å². The molecule has 3 heterocycles. The molecule has 1 aliphatic rings. The highest BCUT2D eigenvalue weighted by atomic mass is 16.7. The molecule has 0 amide bonds. The fourth-order valence-corrected chi connectivity index (χ4v) is 6.77. The van der Waals surface area contributed by atoms with Gasteiger partial charge in [-0.2, -0.15) is 0 Å². The standard InChI is InChI=1S/C39H38N4O8/c1-4-9-30-41-31-21(2)18-24(36-40-27-12-7-8-13-28(27)42(36)3)19-29(31)43(30)20-22-14-16-23(17-15-22)25-10-5-6-11-26(25)38(49)51-39-34(46)32(44)33(45)35(50-39)37(47)48/h5-8,10-19,32-35,39,44-46H,4,9,20H2,1-3H3,(H,47,48)/t32-,33-,34-,35?,39-/m1/s1. The van der Waals surface area contributed by atoms with Crippen molar-refractivity contribution in [3.05, 3.63) is 107 Å². The third-order valence-corrected chi connectivity index (χ3v) is 9.43. The molecule has 2 aromatic heterocycles. The molecule has 0 spiro atoms. The number of carboxylic acids is 1. The fraction of sp³-hybridized carbons (Fsp3) is 0.282. The van der Waals surface area contributed by atoms with Crippen LogP contribution in [0.25, 0.3) is 44.6 Å². The van der Waals surface area contributed by atoms with Crippen LogP contribution in [0.5, 0.6) is 0 Å². The molecule has 51 heavy (non-hydrogen) atoms. The van der Waals surface area contributed by atoms with Crippen molar-refractivity contribution in [2.45, 2.75) is 63.9 Å². The summed E-state index contributed by atoms with van der Waals surface area (Å²) in [5, 5.41) is 39.8. The number of carbonyl (C=O) groups is 2. The molecule has 7 rings (SSSR count). The van der Waals surface area contributed by atoms with Crippen LogP contribution < -0.4 is 0 Å². The number of imidazole rings is 2. The van der Waals surface area contributed by atoms with Crippen molar-refractivity contribution in [3.63, 3.8) is 0 Å². The molecule has 1 aliphatic heterocycles. The van der Waals surface area contributed by atoms with Crippen LogP contribution in [0.2, 0.25) is 0 Å². The number of aliphatic hydroxyl groups excluding tert-OH is 3. The number of aromatic nitrogens is 4. The number of hydrogen-bond acceptors (Lipinski definition) is 9. The Morgan fingerprint density at radius 2 is 1.59 bits per heavy atom. The van der Waals surface area contributed by atoms with Crippen molar-refractivity contribution in [1.82, 2.24) is 19.1 Å². The predicted octanol–water partition coefficient (Wildman–Crippen LogP) is 4.62. The lowest BCUT2D eigenvalue weighted by Gasteiger charge is -2.38. The van der Waals surface area contributed by atoms with Crippen LogP contribution >= 0.6 is 0 Å². The first-order valence-electron chi connectivity index (χ1n) is 16.8. The maximum absolute atomic E-state index is 13.3. The molecule has 1 saturated heterocycles. The average molecular weight is 691 g/mol. The van der Waals surface area contributed by atoms with E-state index in [-0.39, 0.29) is 5.56 Å². The zero-order chi connectivity index (χ0) is 36.0. The van der Waals surface area contributed by atoms with Gasteiger partial charge in [-0.25, -0.2) is 19.6 Å². The van der Waals surface area contributed by atoms with Crippen molar-refractivity contribution in [3.8, 4) is 22.5 Å². The molecule has 1 fully saturated rings. The molecular weight excluding hydrogens is 652 g/mol. The van der Waals surface area contributed by atoms with Gasteiger partial charge in [-0.05, 0) is 65.9 Å². The van der Waals surface area contributed by atoms with Gasteiger partial charge in [0.1, 0.15) is 30.0 Å². The minimum Gasteiger partial charge on any atom is -0.479 e. The van der Waals surface area contributed by atoms with Gasteiger partial charge >= 0.3 is 11.9 Å². The van der Waals surface area contributed by atoms with Crippen molar-refractivity contribution in [2.24, 2.45) is 7.05 Å². The second kappa shape index (κ2) is 13.7. The number of ether oxygens (including phenoxy) is 2. The highest BCUT2D eigenvalue weighted by molar-refractivity contribution is 5.97. The van der Waals surface area contributed by atoms with Gasteiger partial charge in [-0.1, -0.05) is 61.5 Å². The summed E-state index contributed by atoms with van der Waals surface area (Å²) >= 11 is 0. The van der Waals surface area contributed by atoms with E-state index in [2.05, 4.69) is 41.2 Å². The zero-order valence-corrected chi connectivity index (χ0v) is 28.3. The Bertz CT molecular complexity index is 2260. The number of para-hydroxylation sites is 2. The van der Waals surface area contributed by atoms with E-state index in [1.807, 2.05) is 49.5 Å². The second-order valence-corrected chi connectivity index (χ2v) is 12.9. The number of nitrogens with zero attached hydrogens (tertiary/aromatic N) is 4. The van der Waals surface area contributed by atoms with E-state index < -0.39 is 42.6 Å². The van der Waals surface area contributed by atoms with Gasteiger partial charge in [-0.15, -0.1) is 0 Å². The monoisotopic (exact) mass is 690 g/mol. The quantitative estimate of drug-likeness (QED) is 0.157. The molecule has 1 unspecified atom stereocenters. The first-order chi connectivity index (χ1) is 24.5. The van der Waals surface area contributed by atoms with Crippen LogP contribution in [0.4, 0.5) is 0 Å². The molecule has 262 valence electrons. The topological polar surface area (TPSA) is 169 Å². The molecule has 5 atom stereocenters. The lowest BCUT2D eigenvalue weighted by atomic mass is 9.98. The number of aliphatic hydroxyl groups is 3. The third kappa shape index (κ3) is 6.27. The number of fused-ring (bicyclic) bond motifs is 2. The molecule has 0 aliphatic carbocycles. The van der Waals surface area contributed by atoms with Crippen LogP contribution in [0.3, 0.4) is 0 Å². The number of carbonyl (C=O) groups excluding carboxylic acids is 1. The highest BCUT2D eigenvalue weighted by Gasteiger charge is 2.48. The normalized spacial score (nSPS) is 20.5. The summed E-state index contributed by atoms with van der Waals surface area (Å²) in [6.07, 6.45) is -7.60. The second-order valence-electron chi connectivity index (χ2n) is 12.9. The van der Waals surface area contributed by atoms with E-state index in [1.54, 1.807) is 24.3 Å². The maximum Gasteiger partial charge on any atom is 0.341 e. The SMILES string of the molecule is CCCc1nc2c(C)cc(-c3nc4ccccc4n3C)cc2n1Cc1ccc(-c2ccccc2C(=O)O[C@H]2OC(C(=O)O)[C@H](O)[C@@H](O)[C@H]2O)cc1. The van der Waals surface area contributed by atoms with Crippen LogP contribution in [0.15, 0.2) is 84.9 Å². The number of aryl methyl sites for hydroxylation is 3. The van der Waals surface area contributed by atoms with Crippen LogP contribution in [0, 0.1) is 6.92 Å². The first-order valence-corrected chi connectivity index (χ1v) is 16.8. The van der Waals surface area contributed by atoms with E-state index in [9.17, 15) is 30.0 Å². The Hall–Kier alpha value is -5.40. The number of hydrogen-bond donors (Lipinski definition) is 4. The summed E-state index contributed by atoms with van der Waals surface area (Å²) in [5.41, 5.74) is 8.48. The van der Waals surface area contributed by atoms with Crippen LogP contribution in [-0.4, -0.2) is 82.2 Å². The van der Waals surface area contributed by atoms with Gasteiger partial charge in [0.15, 0.2) is 6.10 Å². The van der Waals surface area contributed by atoms with Gasteiger partial charge < -0.3 is 39.0 Å². The minimum absolute atomic E-state index is 0.143. The average Bonchev–Trinajstić information content (AvgIpc) is 3.65. The van der Waals surface area contributed by atoms with Gasteiger partial charge in [-0.3, -0.25) is 0 Å². The summed E-state index contributed by atoms with van der Waals surface area (Å²) in [6, 6.07) is 26.9. The highest BCUT2D eigenvalue weighted by Crippen LogP contribution is 2.32. The molecule has 6 aromatic rings. The number of rotatable bonds is 9. The summed E-state index contributed by atoms with van der Waals surface area (Å²) in [7, 11) is 2.03. The fourth-order valence-electron chi connectivity index (χ4n) is 6.77. The van der Waals surface area contributed by atoms with E-state index >= 15 is 0 Å². The van der Waals surface area contributed by atoms with Gasteiger partial charge in [0, 0.05) is 25.6 Å². The molecule has 4 aromatic carbocycles. The number of carboxylic acid groups (broad SMARTS) is 1. The Morgan fingerprint density at radius 1 is 0.863 bits per heavy atom. The van der Waals surface area contributed by atoms with Crippen molar-refractivity contribution in [2.75, 3.05) is 0 Å². The summed E-state index contributed by atoms with van der Waals surface area (Å²) in [6.45, 7) is 4.78. The first kappa shape index (κ1) is 34.1. The smallest absolute Gasteiger partial charge is 0.341 e. The molecule has 12 heteroatoms. The molecule has 12 nitrogen and oxygen atoms in total. The van der Waals surface area contributed by atoms with Crippen molar-refractivity contribution in [1.29, 1.82) is 0 Å². The van der Waals surface area contributed by atoms with Crippen LogP contribution in [-0.2, 0) is 34.3 Å². The Balaban J connectivity index is 1.17. The summed E-state index contributed by atoms with van der Waals surface area (Å²) in [5.74, 6) is -0.595. The molecule has 4 N–H and O–H groups in total. The zero-order valence-electron chi connectivity index (χ0n) is 28.3. The number of benzene rings is 4. The van der Waals surface area contributed by atoms with Gasteiger partial charge in [0.05, 0.1) is 27.6 Å². The van der Waals surface area contributed by atoms with Crippen molar-refractivity contribution >= 4 is 34.0 Å². The van der Waals surface area contributed by atoms with E-state index in [4.69, 9.17) is 19.4 Å². The summed E-state index contributed by atoms with van der Waals surface area (Å²) in [4.78, 5) is 34.8. The number of esters is 1.